The van der Waals surface area contributed by atoms with Gasteiger partial charge in [0.1, 0.15) is 11.6 Å². The molecule has 7 heteroatoms. The largest absolute Gasteiger partial charge is 0.368 e. The minimum Gasteiger partial charge on any atom is -0.368 e. The Labute approximate surface area is 141 Å². The topological polar surface area (TPSA) is 103 Å². The quantitative estimate of drug-likeness (QED) is 0.517. The van der Waals surface area contributed by atoms with E-state index >= 15 is 0 Å². The van der Waals surface area contributed by atoms with Gasteiger partial charge in [-0.1, -0.05) is 12.7 Å². The van der Waals surface area contributed by atoms with Gasteiger partial charge in [0, 0.05) is 30.6 Å². The third kappa shape index (κ3) is 3.57. The van der Waals surface area contributed by atoms with Gasteiger partial charge in [-0.3, -0.25) is 4.68 Å². The van der Waals surface area contributed by atoms with Crippen LogP contribution in [0, 0.1) is 5.41 Å². The van der Waals surface area contributed by atoms with E-state index in [1.807, 2.05) is 6.08 Å². The van der Waals surface area contributed by atoms with Crippen LogP contribution in [0.2, 0.25) is 0 Å². The summed E-state index contributed by atoms with van der Waals surface area (Å²) in [6.07, 6.45) is 9.32. The second-order valence-electron chi connectivity index (χ2n) is 5.85. The van der Waals surface area contributed by atoms with Crippen molar-refractivity contribution in [1.29, 1.82) is 5.41 Å². The zero-order valence-electron chi connectivity index (χ0n) is 13.5. The number of pyridine rings is 1. The molecule has 7 nitrogen and oxygen atoms in total. The highest BCUT2D eigenvalue weighted by atomic mass is 15.3. The van der Waals surface area contributed by atoms with Crippen LogP contribution in [0.15, 0.2) is 53.7 Å². The standard InChI is InChI=1S/C17H23N7/c1-2-14(15-10-12(18)6-9-24(15)19)17-21-8-5-16(23-17)22-13-4-3-7-20-11-13/h2,5-6,8-10,13,18,20,22-23H,1,3-4,7,11,19H2/t13-/m1/s1. The summed E-state index contributed by atoms with van der Waals surface area (Å²) >= 11 is 0. The number of hydrogen-bond acceptors (Lipinski definition) is 6. The van der Waals surface area contributed by atoms with Gasteiger partial charge in [-0.05, 0) is 37.6 Å². The van der Waals surface area contributed by atoms with Gasteiger partial charge in [0.2, 0.25) is 0 Å². The van der Waals surface area contributed by atoms with Gasteiger partial charge in [-0.2, -0.15) is 0 Å². The minimum absolute atomic E-state index is 0.383. The lowest BCUT2D eigenvalue weighted by Gasteiger charge is -2.27. The molecule has 6 N–H and O–H groups in total. The smallest absolute Gasteiger partial charge is 0.140 e. The van der Waals surface area contributed by atoms with Gasteiger partial charge in [-0.25, -0.2) is 4.99 Å². The van der Waals surface area contributed by atoms with Crippen LogP contribution in [0.5, 0.6) is 0 Å². The number of allylic oxidation sites excluding steroid dienone is 3. The van der Waals surface area contributed by atoms with Crippen molar-refractivity contribution in [2.45, 2.75) is 18.9 Å². The molecular weight excluding hydrogens is 302 g/mol. The monoisotopic (exact) mass is 325 g/mol. The van der Waals surface area contributed by atoms with E-state index in [4.69, 9.17) is 11.3 Å². The number of aliphatic imine (C=N–C) groups is 1. The highest BCUT2D eigenvalue weighted by Crippen LogP contribution is 2.19. The predicted octanol–water partition coefficient (Wildman–Crippen LogP) is 0.393. The SMILES string of the molecule is C=CC(=C1N=CC=C(N[C@@H]2CCCNC2)N1)c1cc(=N)ccn1N. The zero-order valence-corrected chi connectivity index (χ0v) is 13.5. The summed E-state index contributed by atoms with van der Waals surface area (Å²) in [6.45, 7) is 5.91. The van der Waals surface area contributed by atoms with Gasteiger partial charge >= 0.3 is 0 Å². The Balaban J connectivity index is 1.84. The fourth-order valence-corrected chi connectivity index (χ4v) is 2.85. The Kier molecular flexibility index (Phi) is 4.81. The van der Waals surface area contributed by atoms with Crippen molar-refractivity contribution < 1.29 is 0 Å². The lowest BCUT2D eigenvalue weighted by atomic mass is 10.1. The number of aromatic nitrogens is 1. The fourth-order valence-electron chi connectivity index (χ4n) is 2.85. The van der Waals surface area contributed by atoms with Crippen LogP contribution < -0.4 is 27.2 Å². The van der Waals surface area contributed by atoms with E-state index in [1.165, 1.54) is 11.1 Å². The first kappa shape index (κ1) is 16.1. The maximum Gasteiger partial charge on any atom is 0.140 e. The van der Waals surface area contributed by atoms with E-state index < -0.39 is 0 Å². The molecule has 0 unspecified atom stereocenters. The average Bonchev–Trinajstić information content (AvgIpc) is 2.60. The molecule has 0 radical (unpaired) electrons. The number of hydrogen-bond donors (Lipinski definition) is 5. The summed E-state index contributed by atoms with van der Waals surface area (Å²) < 4.78 is 1.47. The number of nitrogens with zero attached hydrogens (tertiary/aromatic N) is 2. The minimum atomic E-state index is 0.383. The van der Waals surface area contributed by atoms with E-state index in [0.29, 0.717) is 22.9 Å². The molecule has 1 saturated heterocycles. The van der Waals surface area contributed by atoms with Gasteiger partial charge in [-0.15, -0.1) is 0 Å². The van der Waals surface area contributed by atoms with E-state index in [0.717, 1.165) is 30.9 Å². The molecule has 0 bridgehead atoms. The van der Waals surface area contributed by atoms with Crippen molar-refractivity contribution >= 4 is 11.8 Å². The second-order valence-corrected chi connectivity index (χ2v) is 5.85. The first-order valence-corrected chi connectivity index (χ1v) is 8.05. The molecule has 0 spiro atoms. The maximum absolute atomic E-state index is 7.81. The molecule has 0 amide bonds. The molecule has 3 heterocycles. The number of nitrogens with two attached hydrogens (primary N) is 1. The second kappa shape index (κ2) is 7.18. The molecular formula is C17H23N7. The van der Waals surface area contributed by atoms with E-state index in [1.54, 1.807) is 30.6 Å². The lowest BCUT2D eigenvalue weighted by molar-refractivity contribution is 0.408. The normalized spacial score (nSPS) is 22.3. The number of nitrogen functional groups attached to an aromatic ring is 1. The molecule has 2 aliphatic rings. The third-order valence-corrected chi connectivity index (χ3v) is 4.07. The first-order chi connectivity index (χ1) is 11.7. The molecule has 0 aromatic carbocycles. The van der Waals surface area contributed by atoms with Crippen molar-refractivity contribution in [3.8, 4) is 0 Å². The van der Waals surface area contributed by atoms with Crippen LogP contribution >= 0.6 is 0 Å². The highest BCUT2D eigenvalue weighted by molar-refractivity contribution is 5.81. The molecule has 1 aromatic heterocycles. The molecule has 0 aliphatic carbocycles. The highest BCUT2D eigenvalue weighted by Gasteiger charge is 2.16. The molecule has 1 aromatic rings. The summed E-state index contributed by atoms with van der Waals surface area (Å²) in [5, 5.41) is 18.4. The molecule has 24 heavy (non-hydrogen) atoms. The predicted molar refractivity (Wildman–Crippen MR) is 96.3 cm³/mol. The van der Waals surface area contributed by atoms with Crippen molar-refractivity contribution in [1.82, 2.24) is 20.6 Å². The summed E-state index contributed by atoms with van der Waals surface area (Å²) in [6, 6.07) is 3.72. The zero-order chi connectivity index (χ0) is 16.9. The fraction of sp³-hybridized carbons (Fsp3) is 0.294. The van der Waals surface area contributed by atoms with Crippen LogP contribution in [0.1, 0.15) is 18.5 Å². The van der Waals surface area contributed by atoms with Crippen LogP contribution in [0.25, 0.3) is 5.57 Å². The number of rotatable bonds is 4. The molecule has 1 fully saturated rings. The summed E-state index contributed by atoms with van der Waals surface area (Å²) in [5.41, 5.74) is 1.43. The van der Waals surface area contributed by atoms with Crippen molar-refractivity contribution in [3.05, 3.63) is 59.8 Å². The molecule has 0 saturated carbocycles. The molecule has 1 atom stereocenters. The lowest BCUT2D eigenvalue weighted by Crippen LogP contribution is -2.45. The Morgan fingerprint density at radius 2 is 2.42 bits per heavy atom. The van der Waals surface area contributed by atoms with Crippen molar-refractivity contribution in [3.63, 3.8) is 0 Å². The first-order valence-electron chi connectivity index (χ1n) is 8.05. The molecule has 3 rings (SSSR count). The summed E-state index contributed by atoms with van der Waals surface area (Å²) in [4.78, 5) is 4.40. The third-order valence-electron chi connectivity index (χ3n) is 4.07. The van der Waals surface area contributed by atoms with Crippen LogP contribution in [0.4, 0.5) is 0 Å². The van der Waals surface area contributed by atoms with Gasteiger partial charge < -0.3 is 27.2 Å². The average molecular weight is 325 g/mol. The Bertz CT molecular complexity index is 763. The maximum atomic E-state index is 7.81. The van der Waals surface area contributed by atoms with E-state index in [-0.39, 0.29) is 0 Å². The molecule has 126 valence electrons. The van der Waals surface area contributed by atoms with Crippen molar-refractivity contribution in [2.24, 2.45) is 4.99 Å². The Morgan fingerprint density at radius 1 is 1.54 bits per heavy atom. The van der Waals surface area contributed by atoms with Crippen molar-refractivity contribution in [2.75, 3.05) is 18.9 Å². The van der Waals surface area contributed by atoms with Gasteiger partial charge in [0.25, 0.3) is 0 Å². The summed E-state index contributed by atoms with van der Waals surface area (Å²) in [5.74, 6) is 7.55. The molecule has 2 aliphatic heterocycles. The Morgan fingerprint density at radius 3 is 3.17 bits per heavy atom. The van der Waals surface area contributed by atoms with Crippen LogP contribution in [0.3, 0.4) is 0 Å². The summed E-state index contributed by atoms with van der Waals surface area (Å²) in [7, 11) is 0. The van der Waals surface area contributed by atoms with Crippen LogP contribution in [-0.4, -0.2) is 30.0 Å². The number of nitrogens with one attached hydrogen (secondary N) is 4. The van der Waals surface area contributed by atoms with Gasteiger partial charge in [0.05, 0.1) is 11.1 Å². The van der Waals surface area contributed by atoms with Gasteiger partial charge in [0.15, 0.2) is 0 Å². The van der Waals surface area contributed by atoms with E-state index in [2.05, 4.69) is 27.5 Å². The Hall–Kier alpha value is -2.80. The number of piperidine rings is 1. The van der Waals surface area contributed by atoms with E-state index in [9.17, 15) is 0 Å². The van der Waals surface area contributed by atoms with Crippen LogP contribution in [-0.2, 0) is 0 Å².